The summed E-state index contributed by atoms with van der Waals surface area (Å²) in [5, 5.41) is 0. The lowest BCUT2D eigenvalue weighted by molar-refractivity contribution is -0.116. The molecule has 4 rings (SSSR count). The highest BCUT2D eigenvalue weighted by Gasteiger charge is 2.54. The molecule has 22 heavy (non-hydrogen) atoms. The Morgan fingerprint density at radius 2 is 2.05 bits per heavy atom. The molecule has 0 unspecified atom stereocenters. The first-order valence-corrected chi connectivity index (χ1v) is 9.13. The van der Waals surface area contributed by atoms with Crippen molar-refractivity contribution in [3.63, 3.8) is 0 Å². The van der Waals surface area contributed by atoms with Crippen molar-refractivity contribution < 1.29 is 4.79 Å². The van der Waals surface area contributed by atoms with E-state index in [0.29, 0.717) is 23.0 Å². The van der Waals surface area contributed by atoms with Gasteiger partial charge < -0.3 is 0 Å². The lowest BCUT2D eigenvalue weighted by Crippen LogP contribution is -2.46. The van der Waals surface area contributed by atoms with Crippen LogP contribution in [0.3, 0.4) is 0 Å². The Morgan fingerprint density at radius 1 is 1.23 bits per heavy atom. The molecule has 0 heterocycles. The van der Waals surface area contributed by atoms with Gasteiger partial charge in [0.15, 0.2) is 5.78 Å². The van der Waals surface area contributed by atoms with Crippen LogP contribution in [-0.4, -0.2) is 5.78 Å². The third kappa shape index (κ3) is 1.74. The smallest absolute Gasteiger partial charge is 0.156 e. The quantitative estimate of drug-likeness (QED) is 0.605. The average Bonchev–Trinajstić information content (AvgIpc) is 2.84. The van der Waals surface area contributed by atoms with Gasteiger partial charge in [-0.3, -0.25) is 4.79 Å². The molecule has 118 valence electrons. The van der Waals surface area contributed by atoms with Crippen molar-refractivity contribution in [2.45, 2.75) is 59.3 Å². The lowest BCUT2D eigenvalue weighted by atomic mass is 9.50. The van der Waals surface area contributed by atoms with Gasteiger partial charge in [-0.25, -0.2) is 0 Å². The molecule has 0 aromatic heterocycles. The van der Waals surface area contributed by atoms with Crippen molar-refractivity contribution in [3.8, 4) is 0 Å². The molecule has 1 fully saturated rings. The molecule has 0 aliphatic heterocycles. The number of ketones is 1. The Balaban J connectivity index is 1.75. The number of hydrogen-bond acceptors (Lipinski definition) is 1. The molecular formula is C21H28O. The summed E-state index contributed by atoms with van der Waals surface area (Å²) in [5.41, 5.74) is 3.69. The van der Waals surface area contributed by atoms with Gasteiger partial charge in [0.2, 0.25) is 0 Å². The highest BCUT2D eigenvalue weighted by Crippen LogP contribution is 2.63. The molecule has 1 saturated carbocycles. The summed E-state index contributed by atoms with van der Waals surface area (Å²) in [4.78, 5) is 11.8. The van der Waals surface area contributed by atoms with Crippen LogP contribution in [0.2, 0.25) is 0 Å². The van der Waals surface area contributed by atoms with Crippen LogP contribution in [0.25, 0.3) is 0 Å². The fourth-order valence-corrected chi connectivity index (χ4v) is 6.07. The predicted molar refractivity (Wildman–Crippen MR) is 90.4 cm³/mol. The van der Waals surface area contributed by atoms with Crippen molar-refractivity contribution in [1.29, 1.82) is 0 Å². The molecule has 0 bridgehead atoms. The Labute approximate surface area is 134 Å². The molecule has 0 N–H and O–H groups in total. The highest BCUT2D eigenvalue weighted by atomic mass is 16.1. The van der Waals surface area contributed by atoms with Gasteiger partial charge >= 0.3 is 0 Å². The maximum absolute atomic E-state index is 11.8. The van der Waals surface area contributed by atoms with Gasteiger partial charge in [0.05, 0.1) is 0 Å². The summed E-state index contributed by atoms with van der Waals surface area (Å²) < 4.78 is 0. The molecule has 0 saturated heterocycles. The molecule has 0 spiro atoms. The molecule has 1 nitrogen and oxygen atoms in total. The average molecular weight is 296 g/mol. The van der Waals surface area contributed by atoms with Crippen molar-refractivity contribution in [2.75, 3.05) is 0 Å². The fourth-order valence-electron chi connectivity index (χ4n) is 6.07. The van der Waals surface area contributed by atoms with Crippen molar-refractivity contribution in [1.82, 2.24) is 0 Å². The van der Waals surface area contributed by atoms with Crippen LogP contribution in [0, 0.1) is 28.6 Å². The van der Waals surface area contributed by atoms with E-state index >= 15 is 0 Å². The second kappa shape index (κ2) is 4.69. The minimum Gasteiger partial charge on any atom is -0.295 e. The van der Waals surface area contributed by atoms with Gasteiger partial charge in [0.1, 0.15) is 0 Å². The van der Waals surface area contributed by atoms with Gasteiger partial charge in [-0.2, -0.15) is 0 Å². The van der Waals surface area contributed by atoms with E-state index in [2.05, 4.69) is 39.0 Å². The first-order valence-electron chi connectivity index (χ1n) is 9.13. The van der Waals surface area contributed by atoms with Crippen LogP contribution < -0.4 is 0 Å². The fraction of sp³-hybridized carbons (Fsp3) is 0.667. The van der Waals surface area contributed by atoms with E-state index in [1.165, 1.54) is 31.3 Å². The van der Waals surface area contributed by atoms with E-state index < -0.39 is 0 Å². The third-order valence-electron chi connectivity index (χ3n) is 7.61. The van der Waals surface area contributed by atoms with E-state index in [-0.39, 0.29) is 5.41 Å². The van der Waals surface area contributed by atoms with Crippen LogP contribution in [0.4, 0.5) is 0 Å². The normalized spacial score (nSPS) is 46.5. The maximum Gasteiger partial charge on any atom is 0.156 e. The topological polar surface area (TPSA) is 17.1 Å². The second-order valence-corrected chi connectivity index (χ2v) is 8.43. The molecule has 0 amide bonds. The zero-order valence-electron chi connectivity index (χ0n) is 14.2. The Hall–Kier alpha value is -1.11. The molecule has 0 aromatic rings. The number of rotatable bonds is 1. The minimum absolute atomic E-state index is 0.222. The summed E-state index contributed by atoms with van der Waals surface area (Å²) >= 11 is 0. The standard InChI is InChI=1S/C21H28O/c1-4-14-6-8-18-17-7-5-15-13-16(22)9-11-21(15,3)19(17)10-12-20(14,18)2/h5,7-8,13-14,17,19H,4,6,9-12H2,1-3H3/t14-,17-,19-,20+,21-/m0/s1. The van der Waals surface area contributed by atoms with Crippen LogP contribution in [0.15, 0.2) is 35.5 Å². The zero-order chi connectivity index (χ0) is 15.5. The molecule has 4 aliphatic rings. The van der Waals surface area contributed by atoms with Crippen LogP contribution in [-0.2, 0) is 4.79 Å². The van der Waals surface area contributed by atoms with E-state index in [1.54, 1.807) is 5.57 Å². The van der Waals surface area contributed by atoms with Gasteiger partial charge in [-0.1, -0.05) is 51.0 Å². The van der Waals surface area contributed by atoms with Crippen molar-refractivity contribution in [3.05, 3.63) is 35.5 Å². The SMILES string of the molecule is CC[C@H]1CC=C2[C@@H]3C=CC4=CC(=O)CC[C@]4(C)[C@H]3CC[C@@]21C. The first kappa shape index (κ1) is 14.5. The molecule has 4 aliphatic carbocycles. The molecule has 1 heteroatoms. The molecule has 0 aromatic carbocycles. The Kier molecular flexibility index (Phi) is 3.09. The molecule has 5 atom stereocenters. The summed E-state index contributed by atoms with van der Waals surface area (Å²) in [6, 6.07) is 0. The van der Waals surface area contributed by atoms with E-state index in [4.69, 9.17) is 0 Å². The summed E-state index contributed by atoms with van der Waals surface area (Å²) in [6.45, 7) is 7.29. The number of fused-ring (bicyclic) bond motifs is 5. The summed E-state index contributed by atoms with van der Waals surface area (Å²) in [6.07, 6.45) is 16.2. The van der Waals surface area contributed by atoms with Crippen molar-refractivity contribution >= 4 is 5.78 Å². The van der Waals surface area contributed by atoms with E-state index in [0.717, 1.165) is 18.8 Å². The van der Waals surface area contributed by atoms with Gasteiger partial charge in [-0.05, 0) is 60.0 Å². The van der Waals surface area contributed by atoms with E-state index in [9.17, 15) is 4.79 Å². The predicted octanol–water partition coefficient (Wildman–Crippen LogP) is 5.24. The monoisotopic (exact) mass is 296 g/mol. The van der Waals surface area contributed by atoms with Crippen LogP contribution >= 0.6 is 0 Å². The van der Waals surface area contributed by atoms with Gasteiger partial charge in [-0.15, -0.1) is 0 Å². The minimum atomic E-state index is 0.222. The largest absolute Gasteiger partial charge is 0.295 e. The van der Waals surface area contributed by atoms with Gasteiger partial charge in [0.25, 0.3) is 0 Å². The number of carbonyl (C=O) groups excluding carboxylic acids is 1. The molecule has 0 radical (unpaired) electrons. The number of allylic oxidation sites excluding steroid dienone is 6. The van der Waals surface area contributed by atoms with E-state index in [1.807, 2.05) is 6.08 Å². The summed E-state index contributed by atoms with van der Waals surface area (Å²) in [7, 11) is 0. The highest BCUT2D eigenvalue weighted by molar-refractivity contribution is 5.92. The molecular weight excluding hydrogens is 268 g/mol. The van der Waals surface area contributed by atoms with Crippen LogP contribution in [0.5, 0.6) is 0 Å². The number of carbonyl (C=O) groups is 1. The Bertz CT molecular complexity index is 607. The van der Waals surface area contributed by atoms with Crippen molar-refractivity contribution in [2.24, 2.45) is 28.6 Å². The van der Waals surface area contributed by atoms with Gasteiger partial charge in [0, 0.05) is 12.3 Å². The zero-order valence-corrected chi connectivity index (χ0v) is 14.2. The van der Waals surface area contributed by atoms with Crippen LogP contribution in [0.1, 0.15) is 59.3 Å². The summed E-state index contributed by atoms with van der Waals surface area (Å²) in [5.74, 6) is 2.48. The third-order valence-corrected chi connectivity index (χ3v) is 7.61. The number of hydrogen-bond donors (Lipinski definition) is 0. The first-order chi connectivity index (χ1) is 10.5. The second-order valence-electron chi connectivity index (χ2n) is 8.43. The Morgan fingerprint density at radius 3 is 2.82 bits per heavy atom. The lowest BCUT2D eigenvalue weighted by Gasteiger charge is -2.54. The maximum atomic E-state index is 11.8.